The molecule has 0 aliphatic rings. The van der Waals surface area contributed by atoms with Crippen LogP contribution in [0.2, 0.25) is 0 Å². The van der Waals surface area contributed by atoms with Crippen molar-refractivity contribution in [2.24, 2.45) is 5.73 Å². The first kappa shape index (κ1) is 15.5. The van der Waals surface area contributed by atoms with E-state index in [1.165, 1.54) is 26.4 Å². The second-order valence-electron chi connectivity index (χ2n) is 3.94. The highest BCUT2D eigenvalue weighted by Gasteiger charge is 2.21. The summed E-state index contributed by atoms with van der Waals surface area (Å²) in [6.45, 7) is 0.206. The van der Waals surface area contributed by atoms with E-state index in [0.29, 0.717) is 0 Å². The van der Waals surface area contributed by atoms with Crippen LogP contribution in [0.1, 0.15) is 16.8 Å². The molecule has 19 heavy (non-hydrogen) atoms. The van der Waals surface area contributed by atoms with Gasteiger partial charge >= 0.3 is 0 Å². The maximum Gasteiger partial charge on any atom is 0.179 e. The van der Waals surface area contributed by atoms with Crippen LogP contribution in [0.4, 0.5) is 0 Å². The lowest BCUT2D eigenvalue weighted by Crippen LogP contribution is -2.11. The lowest BCUT2D eigenvalue weighted by Gasteiger charge is -2.13. The molecule has 6 nitrogen and oxygen atoms in total. The van der Waals surface area contributed by atoms with Gasteiger partial charge in [-0.05, 0) is 12.6 Å². The van der Waals surface area contributed by atoms with Crippen LogP contribution in [0.5, 0.6) is 11.5 Å². The topological polar surface area (TPSA) is 95.7 Å². The number of ketones is 1. The van der Waals surface area contributed by atoms with Crippen LogP contribution in [0, 0.1) is 0 Å². The Labute approximate surface area is 112 Å². The van der Waals surface area contributed by atoms with Crippen LogP contribution in [0.3, 0.4) is 0 Å². The molecule has 0 atom stereocenters. The molecule has 7 heteroatoms. The summed E-state index contributed by atoms with van der Waals surface area (Å²) in [7, 11) is -0.765. The molecule has 0 aromatic heterocycles. The summed E-state index contributed by atoms with van der Waals surface area (Å²) < 4.78 is 33.4. The molecule has 1 aromatic rings. The fraction of sp³-hybridized carbons (Fsp3) is 0.417. The molecule has 0 heterocycles. The van der Waals surface area contributed by atoms with Gasteiger partial charge in [-0.25, -0.2) is 8.42 Å². The highest BCUT2D eigenvalue weighted by atomic mass is 32.2. The molecule has 1 rings (SSSR count). The number of hydrogen-bond acceptors (Lipinski definition) is 6. The standard InChI is InChI=1S/C12H17NO5S/c1-17-10-7-12(19(3,15)16)11(18-2)6-8(10)9(14)4-5-13/h6-7H,4-5,13H2,1-3H3. The zero-order valence-electron chi connectivity index (χ0n) is 11.1. The fourth-order valence-corrected chi connectivity index (χ4v) is 2.47. The van der Waals surface area contributed by atoms with Crippen LogP contribution in [0.15, 0.2) is 17.0 Å². The van der Waals surface area contributed by atoms with Gasteiger partial charge in [0.15, 0.2) is 15.6 Å². The van der Waals surface area contributed by atoms with E-state index in [-0.39, 0.29) is 40.7 Å². The normalized spacial score (nSPS) is 11.2. The molecule has 0 bridgehead atoms. The van der Waals surface area contributed by atoms with Gasteiger partial charge in [-0.1, -0.05) is 0 Å². The third-order valence-electron chi connectivity index (χ3n) is 2.56. The van der Waals surface area contributed by atoms with Crippen molar-refractivity contribution in [2.75, 3.05) is 27.0 Å². The van der Waals surface area contributed by atoms with Gasteiger partial charge in [-0.2, -0.15) is 0 Å². The number of ether oxygens (including phenoxy) is 2. The van der Waals surface area contributed by atoms with Crippen molar-refractivity contribution < 1.29 is 22.7 Å². The molecular weight excluding hydrogens is 270 g/mol. The lowest BCUT2D eigenvalue weighted by molar-refractivity contribution is 0.0982. The van der Waals surface area contributed by atoms with E-state index in [4.69, 9.17) is 15.2 Å². The van der Waals surface area contributed by atoms with Crippen LogP contribution in [-0.2, 0) is 9.84 Å². The van der Waals surface area contributed by atoms with Crippen LogP contribution < -0.4 is 15.2 Å². The molecular formula is C12H17NO5S. The van der Waals surface area contributed by atoms with E-state index in [0.717, 1.165) is 6.26 Å². The first-order valence-electron chi connectivity index (χ1n) is 5.54. The molecule has 0 spiro atoms. The number of rotatable bonds is 6. The van der Waals surface area contributed by atoms with Crippen molar-refractivity contribution in [3.05, 3.63) is 17.7 Å². The molecule has 0 saturated carbocycles. The van der Waals surface area contributed by atoms with Gasteiger partial charge in [0, 0.05) is 18.7 Å². The Morgan fingerprint density at radius 3 is 2.21 bits per heavy atom. The van der Waals surface area contributed by atoms with E-state index in [1.807, 2.05) is 0 Å². The number of carbonyl (C=O) groups is 1. The number of benzene rings is 1. The highest BCUT2D eigenvalue weighted by molar-refractivity contribution is 7.90. The molecule has 1 aromatic carbocycles. The number of Topliss-reactive ketones (excluding diaryl/α,β-unsaturated/α-hetero) is 1. The third-order valence-corrected chi connectivity index (χ3v) is 3.68. The molecule has 106 valence electrons. The molecule has 2 N–H and O–H groups in total. The fourth-order valence-electron chi connectivity index (χ4n) is 1.64. The highest BCUT2D eigenvalue weighted by Crippen LogP contribution is 2.32. The van der Waals surface area contributed by atoms with Crippen molar-refractivity contribution in [1.82, 2.24) is 0 Å². The largest absolute Gasteiger partial charge is 0.496 e. The summed E-state index contributed by atoms with van der Waals surface area (Å²) in [5.74, 6) is 0.0843. The summed E-state index contributed by atoms with van der Waals surface area (Å²) >= 11 is 0. The summed E-state index contributed by atoms with van der Waals surface area (Å²) in [5.41, 5.74) is 5.60. The Morgan fingerprint density at radius 1 is 1.21 bits per heavy atom. The van der Waals surface area contributed by atoms with E-state index in [1.54, 1.807) is 0 Å². The quantitative estimate of drug-likeness (QED) is 0.771. The van der Waals surface area contributed by atoms with Crippen molar-refractivity contribution in [3.8, 4) is 11.5 Å². The second kappa shape index (κ2) is 6.03. The summed E-state index contributed by atoms with van der Waals surface area (Å²) in [6, 6.07) is 2.66. The zero-order valence-corrected chi connectivity index (χ0v) is 11.9. The van der Waals surface area contributed by atoms with E-state index in [2.05, 4.69) is 0 Å². The second-order valence-corrected chi connectivity index (χ2v) is 5.92. The molecule has 0 radical (unpaired) electrons. The molecule has 0 aliphatic carbocycles. The van der Waals surface area contributed by atoms with E-state index in [9.17, 15) is 13.2 Å². The first-order chi connectivity index (χ1) is 8.85. The molecule has 0 fully saturated rings. The van der Waals surface area contributed by atoms with Gasteiger partial charge in [-0.15, -0.1) is 0 Å². The third kappa shape index (κ3) is 3.45. The van der Waals surface area contributed by atoms with Crippen molar-refractivity contribution in [1.29, 1.82) is 0 Å². The van der Waals surface area contributed by atoms with Gasteiger partial charge < -0.3 is 15.2 Å². The smallest absolute Gasteiger partial charge is 0.179 e. The molecule has 0 saturated heterocycles. The van der Waals surface area contributed by atoms with Gasteiger partial charge in [0.1, 0.15) is 16.4 Å². The Bertz CT molecular complexity index is 580. The summed E-state index contributed by atoms with van der Waals surface area (Å²) in [4.78, 5) is 11.9. The zero-order chi connectivity index (χ0) is 14.6. The number of sulfone groups is 1. The molecule has 0 aliphatic heterocycles. The van der Waals surface area contributed by atoms with Gasteiger partial charge in [0.25, 0.3) is 0 Å². The molecule has 0 unspecified atom stereocenters. The first-order valence-corrected chi connectivity index (χ1v) is 7.43. The average molecular weight is 287 g/mol. The maximum absolute atomic E-state index is 11.9. The molecule has 0 amide bonds. The van der Waals surface area contributed by atoms with Gasteiger partial charge in [0.05, 0.1) is 19.8 Å². The lowest BCUT2D eigenvalue weighted by atomic mass is 10.1. The average Bonchev–Trinajstić information content (AvgIpc) is 2.36. The van der Waals surface area contributed by atoms with Crippen molar-refractivity contribution in [3.63, 3.8) is 0 Å². The predicted octanol–water partition coefficient (Wildman–Crippen LogP) is 0.639. The van der Waals surface area contributed by atoms with Gasteiger partial charge in [-0.3, -0.25) is 4.79 Å². The Hall–Kier alpha value is -1.60. The summed E-state index contributed by atoms with van der Waals surface area (Å²) in [5, 5.41) is 0. The minimum Gasteiger partial charge on any atom is -0.496 e. The van der Waals surface area contributed by atoms with Gasteiger partial charge in [0.2, 0.25) is 0 Å². The number of nitrogens with two attached hydrogens (primary N) is 1. The Morgan fingerprint density at radius 2 is 1.79 bits per heavy atom. The van der Waals surface area contributed by atoms with Crippen molar-refractivity contribution in [2.45, 2.75) is 11.3 Å². The van der Waals surface area contributed by atoms with Crippen LogP contribution >= 0.6 is 0 Å². The SMILES string of the molecule is COc1cc(S(C)(=O)=O)c(OC)cc1C(=O)CCN. The monoisotopic (exact) mass is 287 g/mol. The number of carbonyl (C=O) groups excluding carboxylic acids is 1. The van der Waals surface area contributed by atoms with E-state index < -0.39 is 9.84 Å². The summed E-state index contributed by atoms with van der Waals surface area (Å²) in [6.07, 6.45) is 1.21. The number of methoxy groups -OCH3 is 2. The minimum atomic E-state index is -3.47. The van der Waals surface area contributed by atoms with Crippen molar-refractivity contribution >= 4 is 15.6 Å². The number of hydrogen-bond donors (Lipinski definition) is 1. The Balaban J connectivity index is 3.48. The van der Waals surface area contributed by atoms with E-state index >= 15 is 0 Å². The minimum absolute atomic E-state index is 0.0175. The maximum atomic E-state index is 11.9. The predicted molar refractivity (Wildman–Crippen MR) is 70.7 cm³/mol. The van der Waals surface area contributed by atoms with Crippen LogP contribution in [0.25, 0.3) is 0 Å². The Kier molecular flexibility index (Phi) is 4.90. The van der Waals surface area contributed by atoms with Crippen LogP contribution in [-0.4, -0.2) is 41.2 Å².